The van der Waals surface area contributed by atoms with Crippen molar-refractivity contribution in [2.45, 2.75) is 25.2 Å². The molecule has 2 heterocycles. The van der Waals surface area contributed by atoms with Gasteiger partial charge in [-0.25, -0.2) is 0 Å². The Hall–Kier alpha value is -1.28. The Morgan fingerprint density at radius 3 is 2.29 bits per heavy atom. The van der Waals surface area contributed by atoms with Gasteiger partial charge in [-0.15, -0.1) is 20.4 Å². The quantitative estimate of drug-likeness (QED) is 0.869. The van der Waals surface area contributed by atoms with Gasteiger partial charge in [0.2, 0.25) is 10.3 Å². The number of hydrogen-bond acceptors (Lipinski definition) is 8. The van der Waals surface area contributed by atoms with Gasteiger partial charge in [-0.3, -0.25) is 0 Å². The molecule has 4 N–H and O–H groups in total. The van der Waals surface area contributed by atoms with Crippen LogP contribution in [0, 0.1) is 5.92 Å². The van der Waals surface area contributed by atoms with E-state index < -0.39 is 0 Å². The average Bonchev–Trinajstić information content (AvgIpc) is 2.81. The van der Waals surface area contributed by atoms with Gasteiger partial charge in [0.05, 0.1) is 0 Å². The molecule has 0 amide bonds. The van der Waals surface area contributed by atoms with Crippen LogP contribution in [0.5, 0.6) is 0 Å². The van der Waals surface area contributed by atoms with Crippen molar-refractivity contribution < 1.29 is 0 Å². The molecule has 0 saturated heterocycles. The van der Waals surface area contributed by atoms with E-state index in [0.29, 0.717) is 22.1 Å². The Labute approximate surface area is 106 Å². The minimum Gasteiger partial charge on any atom is -0.374 e. The zero-order chi connectivity index (χ0) is 11.8. The van der Waals surface area contributed by atoms with Crippen LogP contribution >= 0.6 is 22.7 Å². The second-order valence-corrected chi connectivity index (χ2v) is 6.39. The topological polar surface area (TPSA) is 104 Å². The van der Waals surface area contributed by atoms with Crippen molar-refractivity contribution in [1.82, 2.24) is 20.4 Å². The van der Waals surface area contributed by atoms with Gasteiger partial charge in [-0.1, -0.05) is 22.7 Å². The van der Waals surface area contributed by atoms with E-state index in [9.17, 15) is 0 Å². The molecule has 1 aliphatic carbocycles. The number of hydrogen-bond donors (Lipinski definition) is 2. The van der Waals surface area contributed by atoms with Crippen molar-refractivity contribution in [3.63, 3.8) is 0 Å². The number of nitrogen functional groups attached to an aromatic ring is 2. The van der Waals surface area contributed by atoms with Crippen LogP contribution in [0.25, 0.3) is 0 Å². The van der Waals surface area contributed by atoms with E-state index in [0.717, 1.165) is 29.3 Å². The molecule has 2 aromatic rings. The van der Waals surface area contributed by atoms with E-state index in [-0.39, 0.29) is 0 Å². The van der Waals surface area contributed by atoms with Gasteiger partial charge in [0.15, 0.2) is 0 Å². The summed E-state index contributed by atoms with van der Waals surface area (Å²) < 4.78 is 0. The molecular weight excluding hydrogens is 256 g/mol. The number of nitrogens with two attached hydrogens (primary N) is 2. The fourth-order valence-corrected chi connectivity index (χ4v) is 3.57. The predicted octanol–water partition coefficient (Wildman–Crippen LogP) is 1.29. The molecule has 90 valence electrons. The first-order chi connectivity index (χ1) is 8.20. The van der Waals surface area contributed by atoms with E-state index in [4.69, 9.17) is 11.5 Å². The lowest BCUT2D eigenvalue weighted by Gasteiger charge is -2.32. The number of aromatic nitrogens is 4. The molecular formula is C9H12N6S2. The average molecular weight is 268 g/mol. The summed E-state index contributed by atoms with van der Waals surface area (Å²) in [6.07, 6.45) is 3.24. The fourth-order valence-electron chi connectivity index (χ4n) is 2.11. The molecule has 1 aliphatic rings. The normalized spacial score (nSPS) is 23.5. The number of rotatable bonds is 3. The van der Waals surface area contributed by atoms with Crippen LogP contribution in [0.2, 0.25) is 0 Å². The van der Waals surface area contributed by atoms with Gasteiger partial charge in [0.25, 0.3) is 0 Å². The van der Waals surface area contributed by atoms with Crippen LogP contribution in [0.15, 0.2) is 0 Å². The molecule has 0 aliphatic heterocycles. The molecule has 6 nitrogen and oxygen atoms in total. The van der Waals surface area contributed by atoms with E-state index in [2.05, 4.69) is 20.4 Å². The van der Waals surface area contributed by atoms with E-state index in [1.807, 2.05) is 0 Å². The standard InChI is InChI=1S/C9H12N6S2/c10-8-14-12-6(16-8)3-4-1-5(2-4)7-13-15-9(11)17-7/h4-5H,1-3H2,(H2,10,14)(H2,11,15). The fraction of sp³-hybridized carbons (Fsp3) is 0.556. The monoisotopic (exact) mass is 268 g/mol. The largest absolute Gasteiger partial charge is 0.374 e. The van der Waals surface area contributed by atoms with Crippen molar-refractivity contribution in [2.75, 3.05) is 11.5 Å². The molecule has 0 radical (unpaired) electrons. The maximum atomic E-state index is 5.57. The summed E-state index contributed by atoms with van der Waals surface area (Å²) in [5, 5.41) is 19.0. The van der Waals surface area contributed by atoms with E-state index >= 15 is 0 Å². The third-order valence-electron chi connectivity index (χ3n) is 2.99. The van der Waals surface area contributed by atoms with Crippen molar-refractivity contribution in [3.05, 3.63) is 10.0 Å². The van der Waals surface area contributed by atoms with Crippen molar-refractivity contribution in [3.8, 4) is 0 Å². The van der Waals surface area contributed by atoms with Crippen molar-refractivity contribution in [1.29, 1.82) is 0 Å². The summed E-state index contributed by atoms with van der Waals surface area (Å²) in [6.45, 7) is 0. The summed E-state index contributed by atoms with van der Waals surface area (Å²) in [6, 6.07) is 0. The molecule has 1 saturated carbocycles. The Bertz CT molecular complexity index is 515. The molecule has 0 spiro atoms. The maximum absolute atomic E-state index is 5.57. The highest BCUT2D eigenvalue weighted by Gasteiger charge is 2.33. The van der Waals surface area contributed by atoms with E-state index in [1.54, 1.807) is 0 Å². The third kappa shape index (κ3) is 2.22. The Morgan fingerprint density at radius 1 is 1.00 bits per heavy atom. The smallest absolute Gasteiger partial charge is 0.203 e. The van der Waals surface area contributed by atoms with Crippen LogP contribution < -0.4 is 11.5 Å². The summed E-state index contributed by atoms with van der Waals surface area (Å²) in [4.78, 5) is 0. The second-order valence-electron chi connectivity index (χ2n) is 4.25. The Kier molecular flexibility index (Phi) is 2.67. The molecule has 2 aromatic heterocycles. The first-order valence-electron chi connectivity index (χ1n) is 5.37. The minimum absolute atomic E-state index is 0.528. The Balaban J connectivity index is 1.55. The molecule has 0 unspecified atom stereocenters. The highest BCUT2D eigenvalue weighted by Crippen LogP contribution is 2.44. The van der Waals surface area contributed by atoms with Crippen LogP contribution in [-0.2, 0) is 6.42 Å². The van der Waals surface area contributed by atoms with Crippen molar-refractivity contribution in [2.24, 2.45) is 5.92 Å². The van der Waals surface area contributed by atoms with Gasteiger partial charge < -0.3 is 11.5 Å². The van der Waals surface area contributed by atoms with E-state index in [1.165, 1.54) is 22.7 Å². The molecule has 3 rings (SSSR count). The maximum Gasteiger partial charge on any atom is 0.203 e. The van der Waals surface area contributed by atoms with Gasteiger partial charge in [-0.2, -0.15) is 0 Å². The summed E-state index contributed by atoms with van der Waals surface area (Å²) in [5.74, 6) is 1.19. The lowest BCUT2D eigenvalue weighted by Crippen LogP contribution is -2.23. The predicted molar refractivity (Wildman–Crippen MR) is 67.8 cm³/mol. The first kappa shape index (κ1) is 10.8. The third-order valence-corrected chi connectivity index (χ3v) is 4.68. The van der Waals surface area contributed by atoms with Gasteiger partial charge in [-0.05, 0) is 18.8 Å². The van der Waals surface area contributed by atoms with Gasteiger partial charge in [0.1, 0.15) is 10.0 Å². The highest BCUT2D eigenvalue weighted by atomic mass is 32.1. The summed E-state index contributed by atoms with van der Waals surface area (Å²) >= 11 is 2.97. The number of nitrogens with zero attached hydrogens (tertiary/aromatic N) is 4. The first-order valence-corrected chi connectivity index (χ1v) is 7.00. The summed E-state index contributed by atoms with van der Waals surface area (Å²) in [5.41, 5.74) is 11.1. The molecule has 8 heteroatoms. The lowest BCUT2D eigenvalue weighted by molar-refractivity contribution is 0.260. The van der Waals surface area contributed by atoms with Gasteiger partial charge in [0, 0.05) is 12.3 Å². The molecule has 0 aromatic carbocycles. The molecule has 0 atom stereocenters. The Morgan fingerprint density at radius 2 is 1.71 bits per heavy atom. The van der Waals surface area contributed by atoms with Crippen LogP contribution in [0.3, 0.4) is 0 Å². The zero-order valence-electron chi connectivity index (χ0n) is 9.04. The molecule has 17 heavy (non-hydrogen) atoms. The van der Waals surface area contributed by atoms with Crippen LogP contribution in [0.4, 0.5) is 10.3 Å². The minimum atomic E-state index is 0.528. The van der Waals surface area contributed by atoms with Gasteiger partial charge >= 0.3 is 0 Å². The second kappa shape index (κ2) is 4.19. The molecule has 0 bridgehead atoms. The number of anilines is 2. The summed E-state index contributed by atoms with van der Waals surface area (Å²) in [7, 11) is 0. The van der Waals surface area contributed by atoms with Crippen molar-refractivity contribution >= 4 is 32.9 Å². The highest BCUT2D eigenvalue weighted by molar-refractivity contribution is 7.15. The van der Waals surface area contributed by atoms with Crippen LogP contribution in [-0.4, -0.2) is 20.4 Å². The molecule has 1 fully saturated rings. The zero-order valence-corrected chi connectivity index (χ0v) is 10.7. The SMILES string of the molecule is Nc1nnc(CC2CC(c3nnc(N)s3)C2)s1. The van der Waals surface area contributed by atoms with Crippen LogP contribution in [0.1, 0.15) is 28.8 Å². The lowest BCUT2D eigenvalue weighted by atomic mass is 9.74.